The number of Topliss-reactive ketones (excluding diaryl/α,β-unsaturated/α-hetero) is 2. The van der Waals surface area contributed by atoms with Gasteiger partial charge in [0.2, 0.25) is 0 Å². The quantitative estimate of drug-likeness (QED) is 0.512. The van der Waals surface area contributed by atoms with Crippen LogP contribution in [0.1, 0.15) is 73.6 Å². The fraction of sp³-hybridized carbons (Fsp3) is 0.810. The van der Waals surface area contributed by atoms with Crippen molar-refractivity contribution >= 4 is 11.6 Å². The van der Waals surface area contributed by atoms with Crippen LogP contribution in [0.4, 0.5) is 0 Å². The smallest absolute Gasteiger partial charge is 0.176 e. The number of rotatable bonds is 10. The Morgan fingerprint density at radius 2 is 1.62 bits per heavy atom. The average Bonchev–Trinajstić information content (AvgIpc) is 2.76. The molecule has 0 radical (unpaired) electrons. The maximum Gasteiger partial charge on any atom is 0.176 e. The number of hydrogen-bond donors (Lipinski definition) is 3. The zero-order chi connectivity index (χ0) is 20.2. The molecule has 5 nitrogen and oxygen atoms in total. The number of carbonyl (C=O) groups is 2. The second-order valence-electron chi connectivity index (χ2n) is 8.60. The van der Waals surface area contributed by atoms with E-state index in [1.54, 1.807) is 6.92 Å². The molecular weight excluding hydrogens is 332 g/mol. The van der Waals surface area contributed by atoms with E-state index in [2.05, 4.69) is 0 Å². The number of aliphatic hydroxyl groups excluding tert-OH is 2. The summed E-state index contributed by atoms with van der Waals surface area (Å²) < 4.78 is 0. The maximum atomic E-state index is 12.9. The van der Waals surface area contributed by atoms with Crippen LogP contribution in [-0.4, -0.2) is 38.6 Å². The lowest BCUT2D eigenvalue weighted by molar-refractivity contribution is -0.137. The first-order chi connectivity index (χ1) is 12.0. The molecule has 0 aliphatic heterocycles. The minimum atomic E-state index is -2.07. The molecule has 0 bridgehead atoms. The number of carbonyl (C=O) groups excluding carboxylic acids is 2. The molecule has 1 rings (SSSR count). The van der Waals surface area contributed by atoms with Gasteiger partial charge < -0.3 is 15.3 Å². The molecule has 3 N–H and O–H groups in total. The van der Waals surface area contributed by atoms with E-state index in [0.29, 0.717) is 37.5 Å². The number of aliphatic hydroxyl groups is 3. The van der Waals surface area contributed by atoms with E-state index in [4.69, 9.17) is 0 Å². The van der Waals surface area contributed by atoms with Crippen LogP contribution in [0, 0.1) is 23.7 Å². The van der Waals surface area contributed by atoms with Crippen LogP contribution >= 0.6 is 0 Å². The van der Waals surface area contributed by atoms with Gasteiger partial charge in [-0.3, -0.25) is 9.59 Å². The van der Waals surface area contributed by atoms with E-state index in [-0.39, 0.29) is 12.0 Å². The zero-order valence-electron chi connectivity index (χ0n) is 17.1. The highest BCUT2D eigenvalue weighted by atomic mass is 16.4. The third-order valence-corrected chi connectivity index (χ3v) is 5.57. The minimum Gasteiger partial charge on any atom is -0.508 e. The molecule has 0 aromatic carbocycles. The van der Waals surface area contributed by atoms with Gasteiger partial charge in [-0.05, 0) is 37.5 Å². The van der Waals surface area contributed by atoms with Crippen molar-refractivity contribution in [2.75, 3.05) is 0 Å². The zero-order valence-corrected chi connectivity index (χ0v) is 17.1. The molecule has 150 valence electrons. The van der Waals surface area contributed by atoms with Crippen molar-refractivity contribution in [1.82, 2.24) is 0 Å². The van der Waals surface area contributed by atoms with Gasteiger partial charge in [-0.25, -0.2) is 0 Å². The Kier molecular flexibility index (Phi) is 8.03. The predicted molar refractivity (Wildman–Crippen MR) is 102 cm³/mol. The van der Waals surface area contributed by atoms with Crippen LogP contribution in [0.5, 0.6) is 0 Å². The van der Waals surface area contributed by atoms with Crippen molar-refractivity contribution in [2.45, 2.75) is 85.4 Å². The van der Waals surface area contributed by atoms with Crippen molar-refractivity contribution in [3.05, 3.63) is 11.3 Å². The minimum absolute atomic E-state index is 0.258. The van der Waals surface area contributed by atoms with Gasteiger partial charge in [0, 0.05) is 5.92 Å². The van der Waals surface area contributed by atoms with Crippen LogP contribution in [0.15, 0.2) is 11.3 Å². The van der Waals surface area contributed by atoms with Crippen molar-refractivity contribution in [3.8, 4) is 0 Å². The van der Waals surface area contributed by atoms with Crippen molar-refractivity contribution in [2.24, 2.45) is 23.7 Å². The van der Waals surface area contributed by atoms with E-state index in [9.17, 15) is 24.9 Å². The Bertz CT molecular complexity index is 549. The van der Waals surface area contributed by atoms with E-state index in [0.717, 1.165) is 0 Å². The third kappa shape index (κ3) is 4.55. The lowest BCUT2D eigenvalue weighted by Gasteiger charge is -2.34. The predicted octanol–water partition coefficient (Wildman–Crippen LogP) is 3.58. The molecule has 26 heavy (non-hydrogen) atoms. The lowest BCUT2D eigenvalue weighted by atomic mass is 9.78. The summed E-state index contributed by atoms with van der Waals surface area (Å²) in [6.45, 7) is 11.5. The summed E-state index contributed by atoms with van der Waals surface area (Å²) in [5, 5.41) is 32.6. The molecule has 0 saturated carbocycles. The van der Waals surface area contributed by atoms with E-state index < -0.39 is 40.9 Å². The Morgan fingerprint density at radius 1 is 1.08 bits per heavy atom. The van der Waals surface area contributed by atoms with Gasteiger partial charge in [0.1, 0.15) is 11.3 Å². The standard InChI is InChI=1S/C21H36O5/c1-7-14(6)18(23)17-19(24)15(10-8-12(2)3)21(26,20(17)25)16(22)11-9-13(4)5/h12-16,22,25-26H,7-11H2,1-6H3/t14?,15?,16-,21-/m0/s1. The molecule has 0 aromatic heterocycles. The summed E-state index contributed by atoms with van der Waals surface area (Å²) in [7, 11) is 0. The molecule has 5 heteroatoms. The van der Waals surface area contributed by atoms with Gasteiger partial charge in [-0.15, -0.1) is 0 Å². The van der Waals surface area contributed by atoms with Crippen molar-refractivity contribution < 1.29 is 24.9 Å². The molecule has 0 saturated heterocycles. The summed E-state index contributed by atoms with van der Waals surface area (Å²) in [6.07, 6.45) is 1.15. The highest BCUT2D eigenvalue weighted by Crippen LogP contribution is 2.44. The molecule has 0 fully saturated rings. The van der Waals surface area contributed by atoms with Gasteiger partial charge in [0.05, 0.1) is 12.0 Å². The highest BCUT2D eigenvalue weighted by Gasteiger charge is 2.58. The molecule has 4 atom stereocenters. The average molecular weight is 369 g/mol. The summed E-state index contributed by atoms with van der Waals surface area (Å²) in [4.78, 5) is 25.6. The molecular formula is C21H36O5. The highest BCUT2D eigenvalue weighted by molar-refractivity contribution is 6.24. The molecule has 0 amide bonds. The van der Waals surface area contributed by atoms with Gasteiger partial charge in [-0.2, -0.15) is 0 Å². The van der Waals surface area contributed by atoms with Crippen molar-refractivity contribution in [3.63, 3.8) is 0 Å². The van der Waals surface area contributed by atoms with Gasteiger partial charge in [-0.1, -0.05) is 48.0 Å². The Hall–Kier alpha value is -1.20. The maximum absolute atomic E-state index is 12.9. The van der Waals surface area contributed by atoms with Gasteiger partial charge >= 0.3 is 0 Å². The Morgan fingerprint density at radius 3 is 2.08 bits per heavy atom. The van der Waals surface area contributed by atoms with E-state index in [1.807, 2.05) is 34.6 Å². The third-order valence-electron chi connectivity index (χ3n) is 5.57. The topological polar surface area (TPSA) is 94.8 Å². The normalized spacial score (nSPS) is 26.1. The molecule has 0 aromatic rings. The summed E-state index contributed by atoms with van der Waals surface area (Å²) >= 11 is 0. The van der Waals surface area contributed by atoms with Gasteiger partial charge in [0.15, 0.2) is 17.2 Å². The Balaban J connectivity index is 3.29. The SMILES string of the molecule is CCC(C)C(=O)C1=C(O)[C@@](O)([C@@H](O)CCC(C)C)C(CCC(C)C)C1=O. The first-order valence-corrected chi connectivity index (χ1v) is 9.90. The Labute approximate surface area is 157 Å². The number of allylic oxidation sites excluding steroid dienone is 1. The summed E-state index contributed by atoms with van der Waals surface area (Å²) in [5.41, 5.74) is -2.38. The fourth-order valence-electron chi connectivity index (χ4n) is 3.48. The second kappa shape index (κ2) is 9.14. The van der Waals surface area contributed by atoms with E-state index in [1.165, 1.54) is 0 Å². The first-order valence-electron chi connectivity index (χ1n) is 9.90. The first kappa shape index (κ1) is 22.8. The molecule has 1 aliphatic rings. The van der Waals surface area contributed by atoms with Crippen LogP contribution in [0.2, 0.25) is 0 Å². The van der Waals surface area contributed by atoms with Crippen LogP contribution in [-0.2, 0) is 9.59 Å². The lowest BCUT2D eigenvalue weighted by Crippen LogP contribution is -2.49. The largest absolute Gasteiger partial charge is 0.508 e. The summed E-state index contributed by atoms with van der Waals surface area (Å²) in [5.74, 6) is -2.39. The fourth-order valence-corrected chi connectivity index (χ4v) is 3.48. The molecule has 1 aliphatic carbocycles. The van der Waals surface area contributed by atoms with Gasteiger partial charge in [0.25, 0.3) is 0 Å². The second-order valence-corrected chi connectivity index (χ2v) is 8.60. The molecule has 0 heterocycles. The van der Waals surface area contributed by atoms with Crippen LogP contribution < -0.4 is 0 Å². The summed E-state index contributed by atoms with van der Waals surface area (Å²) in [6, 6.07) is 0. The molecule has 2 unspecified atom stereocenters. The number of ketones is 2. The van der Waals surface area contributed by atoms with Crippen LogP contribution in [0.3, 0.4) is 0 Å². The van der Waals surface area contributed by atoms with Crippen molar-refractivity contribution in [1.29, 1.82) is 0 Å². The molecule has 0 spiro atoms. The number of hydrogen-bond acceptors (Lipinski definition) is 5. The van der Waals surface area contributed by atoms with E-state index >= 15 is 0 Å². The van der Waals surface area contributed by atoms with Crippen LogP contribution in [0.25, 0.3) is 0 Å². The monoisotopic (exact) mass is 368 g/mol.